The SMILES string of the molecule is CCN(CC)c1ccc(C(F)(F)F)cn1. The van der Waals surface area contributed by atoms with E-state index in [-0.39, 0.29) is 0 Å². The first-order valence-electron chi connectivity index (χ1n) is 4.77. The van der Waals surface area contributed by atoms with Gasteiger partial charge >= 0.3 is 6.18 Å². The summed E-state index contributed by atoms with van der Waals surface area (Å²) >= 11 is 0. The van der Waals surface area contributed by atoms with Crippen molar-refractivity contribution < 1.29 is 13.2 Å². The Morgan fingerprint density at radius 1 is 1.20 bits per heavy atom. The van der Waals surface area contributed by atoms with E-state index in [4.69, 9.17) is 0 Å². The van der Waals surface area contributed by atoms with Gasteiger partial charge in [-0.2, -0.15) is 13.2 Å². The van der Waals surface area contributed by atoms with Crippen molar-refractivity contribution in [2.24, 2.45) is 0 Å². The van der Waals surface area contributed by atoms with E-state index >= 15 is 0 Å². The Morgan fingerprint density at radius 2 is 1.80 bits per heavy atom. The van der Waals surface area contributed by atoms with Gasteiger partial charge in [-0.1, -0.05) is 0 Å². The van der Waals surface area contributed by atoms with Crippen molar-refractivity contribution in [1.29, 1.82) is 0 Å². The van der Waals surface area contributed by atoms with Crippen LogP contribution in [0.2, 0.25) is 0 Å². The largest absolute Gasteiger partial charge is 0.417 e. The summed E-state index contributed by atoms with van der Waals surface area (Å²) in [5, 5.41) is 0. The van der Waals surface area contributed by atoms with E-state index in [0.717, 1.165) is 25.4 Å². The maximum atomic E-state index is 12.2. The maximum absolute atomic E-state index is 12.2. The van der Waals surface area contributed by atoms with Gasteiger partial charge in [-0.25, -0.2) is 4.98 Å². The Labute approximate surface area is 86.7 Å². The van der Waals surface area contributed by atoms with Crippen LogP contribution in [0, 0.1) is 0 Å². The Kier molecular flexibility index (Phi) is 3.55. The molecule has 0 atom stereocenters. The molecule has 0 saturated carbocycles. The van der Waals surface area contributed by atoms with E-state index in [0.29, 0.717) is 5.82 Å². The summed E-state index contributed by atoms with van der Waals surface area (Å²) in [6.45, 7) is 5.33. The summed E-state index contributed by atoms with van der Waals surface area (Å²) in [6, 6.07) is 2.45. The number of rotatable bonds is 3. The van der Waals surface area contributed by atoms with Gasteiger partial charge in [-0.3, -0.25) is 0 Å². The third-order valence-corrected chi connectivity index (χ3v) is 2.16. The van der Waals surface area contributed by atoms with Crippen molar-refractivity contribution >= 4 is 5.82 Å². The van der Waals surface area contributed by atoms with Crippen molar-refractivity contribution in [3.8, 4) is 0 Å². The number of nitrogens with zero attached hydrogens (tertiary/aromatic N) is 2. The standard InChI is InChI=1S/C10H13F3N2/c1-3-15(4-2)9-6-5-8(7-14-9)10(11,12)13/h5-7H,3-4H2,1-2H3. The Bertz CT molecular complexity index is 301. The van der Waals surface area contributed by atoms with Crippen LogP contribution in [0.15, 0.2) is 18.3 Å². The predicted molar refractivity (Wildman–Crippen MR) is 52.8 cm³/mol. The zero-order valence-electron chi connectivity index (χ0n) is 8.67. The number of halogens is 3. The van der Waals surface area contributed by atoms with Gasteiger partial charge < -0.3 is 4.90 Å². The molecule has 1 aromatic heterocycles. The molecule has 0 radical (unpaired) electrons. The van der Waals surface area contributed by atoms with Crippen LogP contribution < -0.4 is 4.90 Å². The fourth-order valence-electron chi connectivity index (χ4n) is 1.29. The van der Waals surface area contributed by atoms with E-state index < -0.39 is 11.7 Å². The highest BCUT2D eigenvalue weighted by Crippen LogP contribution is 2.29. The fourth-order valence-corrected chi connectivity index (χ4v) is 1.29. The quantitative estimate of drug-likeness (QED) is 0.775. The first kappa shape index (κ1) is 11.8. The number of anilines is 1. The summed E-state index contributed by atoms with van der Waals surface area (Å²) in [7, 11) is 0. The molecule has 5 heteroatoms. The first-order chi connectivity index (χ1) is 6.99. The molecule has 0 aliphatic carbocycles. The molecule has 1 heterocycles. The number of hydrogen-bond donors (Lipinski definition) is 0. The fraction of sp³-hybridized carbons (Fsp3) is 0.500. The molecule has 0 unspecified atom stereocenters. The number of alkyl halides is 3. The topological polar surface area (TPSA) is 16.1 Å². The number of aromatic nitrogens is 1. The van der Waals surface area contributed by atoms with Gasteiger partial charge in [0, 0.05) is 19.3 Å². The minimum absolute atomic E-state index is 0.577. The average Bonchev–Trinajstić information content (AvgIpc) is 2.19. The number of hydrogen-bond acceptors (Lipinski definition) is 2. The second-order valence-electron chi connectivity index (χ2n) is 3.08. The molecule has 84 valence electrons. The molecule has 0 aliphatic heterocycles. The van der Waals surface area contributed by atoms with Crippen molar-refractivity contribution in [1.82, 2.24) is 4.98 Å². The zero-order chi connectivity index (χ0) is 11.5. The lowest BCUT2D eigenvalue weighted by atomic mass is 10.2. The van der Waals surface area contributed by atoms with Crippen LogP contribution in [0.5, 0.6) is 0 Å². The van der Waals surface area contributed by atoms with Crippen LogP contribution in [0.1, 0.15) is 19.4 Å². The number of pyridine rings is 1. The third-order valence-electron chi connectivity index (χ3n) is 2.16. The molecular formula is C10H13F3N2. The lowest BCUT2D eigenvalue weighted by Gasteiger charge is -2.19. The van der Waals surface area contributed by atoms with Crippen molar-refractivity contribution in [3.05, 3.63) is 23.9 Å². The van der Waals surface area contributed by atoms with Crippen LogP contribution >= 0.6 is 0 Å². The normalized spacial score (nSPS) is 11.5. The molecule has 0 fully saturated rings. The van der Waals surface area contributed by atoms with Crippen LogP contribution in [0.25, 0.3) is 0 Å². The molecule has 0 N–H and O–H groups in total. The minimum Gasteiger partial charge on any atom is -0.357 e. The molecule has 0 amide bonds. The van der Waals surface area contributed by atoms with Crippen LogP contribution in [0.3, 0.4) is 0 Å². The van der Waals surface area contributed by atoms with Gasteiger partial charge in [0.1, 0.15) is 5.82 Å². The highest BCUT2D eigenvalue weighted by molar-refractivity contribution is 5.39. The lowest BCUT2D eigenvalue weighted by molar-refractivity contribution is -0.137. The predicted octanol–water partition coefficient (Wildman–Crippen LogP) is 2.95. The first-order valence-corrected chi connectivity index (χ1v) is 4.77. The molecule has 1 rings (SSSR count). The van der Waals surface area contributed by atoms with Crippen molar-refractivity contribution in [2.45, 2.75) is 20.0 Å². The monoisotopic (exact) mass is 218 g/mol. The average molecular weight is 218 g/mol. The summed E-state index contributed by atoms with van der Waals surface area (Å²) in [5.41, 5.74) is -0.710. The van der Waals surface area contributed by atoms with Gasteiger partial charge in [-0.15, -0.1) is 0 Å². The molecule has 0 bridgehead atoms. The minimum atomic E-state index is -4.31. The molecule has 0 aromatic carbocycles. The van der Waals surface area contributed by atoms with Crippen LogP contribution in [0.4, 0.5) is 19.0 Å². The molecule has 1 aromatic rings. The van der Waals surface area contributed by atoms with E-state index in [2.05, 4.69) is 4.98 Å². The molecule has 0 saturated heterocycles. The van der Waals surface area contributed by atoms with Crippen molar-refractivity contribution in [3.63, 3.8) is 0 Å². The van der Waals surface area contributed by atoms with E-state index in [1.807, 2.05) is 18.7 Å². The molecule has 2 nitrogen and oxygen atoms in total. The van der Waals surface area contributed by atoms with Crippen LogP contribution in [-0.4, -0.2) is 18.1 Å². The second kappa shape index (κ2) is 4.51. The Morgan fingerprint density at radius 3 is 2.13 bits per heavy atom. The summed E-state index contributed by atoms with van der Waals surface area (Å²) in [4.78, 5) is 5.68. The zero-order valence-corrected chi connectivity index (χ0v) is 8.67. The van der Waals surface area contributed by atoms with Gasteiger partial charge in [0.2, 0.25) is 0 Å². The summed E-state index contributed by atoms with van der Waals surface area (Å²) in [5.74, 6) is 0.577. The lowest BCUT2D eigenvalue weighted by Crippen LogP contribution is -2.23. The van der Waals surface area contributed by atoms with Gasteiger partial charge in [0.15, 0.2) is 0 Å². The maximum Gasteiger partial charge on any atom is 0.417 e. The highest BCUT2D eigenvalue weighted by atomic mass is 19.4. The van der Waals surface area contributed by atoms with Gasteiger partial charge in [-0.05, 0) is 26.0 Å². The highest BCUT2D eigenvalue weighted by Gasteiger charge is 2.30. The second-order valence-corrected chi connectivity index (χ2v) is 3.08. The third kappa shape index (κ3) is 2.84. The smallest absolute Gasteiger partial charge is 0.357 e. The molecule has 15 heavy (non-hydrogen) atoms. The summed E-state index contributed by atoms with van der Waals surface area (Å²) in [6.07, 6.45) is -3.44. The van der Waals surface area contributed by atoms with Crippen molar-refractivity contribution in [2.75, 3.05) is 18.0 Å². The molecule has 0 spiro atoms. The molecular weight excluding hydrogens is 205 g/mol. The van der Waals surface area contributed by atoms with E-state index in [1.54, 1.807) is 0 Å². The van der Waals surface area contributed by atoms with Crippen LogP contribution in [-0.2, 0) is 6.18 Å². The Hall–Kier alpha value is -1.26. The van der Waals surface area contributed by atoms with Gasteiger partial charge in [0.25, 0.3) is 0 Å². The Balaban J connectivity index is 2.89. The summed E-state index contributed by atoms with van der Waals surface area (Å²) < 4.78 is 36.7. The van der Waals surface area contributed by atoms with E-state index in [1.165, 1.54) is 6.07 Å². The van der Waals surface area contributed by atoms with Gasteiger partial charge in [0.05, 0.1) is 5.56 Å². The molecule has 0 aliphatic rings. The van der Waals surface area contributed by atoms with E-state index in [9.17, 15) is 13.2 Å².